The quantitative estimate of drug-likeness (QED) is 0.159. The van der Waals surface area contributed by atoms with E-state index in [-0.39, 0.29) is 0 Å². The molecule has 0 N–H and O–H groups in total. The van der Waals surface area contributed by atoms with Crippen molar-refractivity contribution in [2.24, 2.45) is 0 Å². The lowest BCUT2D eigenvalue weighted by Gasteiger charge is -2.20. The molecule has 0 unspecified atom stereocenters. The summed E-state index contributed by atoms with van der Waals surface area (Å²) in [5, 5.41) is 13.2. The Morgan fingerprint density at radius 2 is 0.556 bits per heavy atom. The lowest BCUT2D eigenvalue weighted by molar-refractivity contribution is 1.40. The van der Waals surface area contributed by atoms with E-state index in [2.05, 4.69) is 173 Å². The average molecular weight is 685 g/mol. The van der Waals surface area contributed by atoms with E-state index < -0.39 is 0 Å². The molecule has 12 rings (SSSR count). The average Bonchev–Trinajstić information content (AvgIpc) is 3.68. The topological polar surface area (TPSA) is 0 Å². The Balaban J connectivity index is 1.30. The molecule has 0 amide bonds. The minimum atomic E-state index is 1.28. The molecule has 54 heavy (non-hydrogen) atoms. The molecule has 0 heteroatoms. The Morgan fingerprint density at radius 1 is 0.241 bits per heavy atom. The zero-order chi connectivity index (χ0) is 36.0. The summed E-state index contributed by atoms with van der Waals surface area (Å²) in [6, 6.07) is 56.1. The van der Waals surface area contributed by atoms with Gasteiger partial charge in [-0.15, -0.1) is 0 Å². The SMILES string of the molecule is Cc1ccc(C)c(-c2cc3c4cc5c(cc4c(-c4cc(C)ccc4C)cc3c3cc4c(cc23)-c2cccc3cccc-4c23)-c2cccc3cccc-5c23)c1. The molecule has 0 spiro atoms. The van der Waals surface area contributed by atoms with Crippen molar-refractivity contribution in [3.05, 3.63) is 168 Å². The van der Waals surface area contributed by atoms with Crippen molar-refractivity contribution in [2.45, 2.75) is 27.7 Å². The van der Waals surface area contributed by atoms with Gasteiger partial charge in [0, 0.05) is 0 Å². The zero-order valence-electron chi connectivity index (χ0n) is 30.9. The fourth-order valence-corrected chi connectivity index (χ4v) is 10.1. The first-order valence-electron chi connectivity index (χ1n) is 19.2. The molecule has 0 saturated heterocycles. The molecule has 0 saturated carbocycles. The molecule has 0 heterocycles. The summed E-state index contributed by atoms with van der Waals surface area (Å²) in [5.74, 6) is 0. The summed E-state index contributed by atoms with van der Waals surface area (Å²) in [6.07, 6.45) is 0. The minimum Gasteiger partial charge on any atom is -0.0610 e. The van der Waals surface area contributed by atoms with Crippen LogP contribution in [0.2, 0.25) is 0 Å². The van der Waals surface area contributed by atoms with Crippen LogP contribution >= 0.6 is 0 Å². The van der Waals surface area contributed by atoms with Gasteiger partial charge in [-0.2, -0.15) is 0 Å². The molecule has 2 aliphatic carbocycles. The molecule has 0 aliphatic heterocycles. The van der Waals surface area contributed by atoms with Crippen molar-refractivity contribution in [1.29, 1.82) is 0 Å². The fraction of sp³-hybridized carbons (Fsp3) is 0.0741. The number of aryl methyl sites for hydroxylation is 4. The predicted octanol–water partition coefficient (Wildman–Crippen LogP) is 15.3. The Kier molecular flexibility index (Phi) is 5.87. The monoisotopic (exact) mass is 684 g/mol. The van der Waals surface area contributed by atoms with Crippen LogP contribution in [0.4, 0.5) is 0 Å². The van der Waals surface area contributed by atoms with E-state index >= 15 is 0 Å². The summed E-state index contributed by atoms with van der Waals surface area (Å²) >= 11 is 0. The van der Waals surface area contributed by atoms with Crippen LogP contribution in [0.3, 0.4) is 0 Å². The third kappa shape index (κ3) is 3.93. The van der Waals surface area contributed by atoms with Gasteiger partial charge >= 0.3 is 0 Å². The van der Waals surface area contributed by atoms with Crippen LogP contribution in [0.1, 0.15) is 22.3 Å². The largest absolute Gasteiger partial charge is 0.0610 e. The van der Waals surface area contributed by atoms with Crippen LogP contribution in [-0.2, 0) is 0 Å². The van der Waals surface area contributed by atoms with Crippen molar-refractivity contribution in [2.75, 3.05) is 0 Å². The van der Waals surface area contributed by atoms with E-state index in [9.17, 15) is 0 Å². The van der Waals surface area contributed by atoms with Gasteiger partial charge in [0.2, 0.25) is 0 Å². The molecule has 0 radical (unpaired) electrons. The van der Waals surface area contributed by atoms with Crippen LogP contribution < -0.4 is 0 Å². The number of fused-ring (bicyclic) bond motifs is 11. The maximum atomic E-state index is 2.53. The van der Waals surface area contributed by atoms with E-state index in [1.165, 1.54) is 143 Å². The summed E-state index contributed by atoms with van der Waals surface area (Å²) in [7, 11) is 0. The van der Waals surface area contributed by atoms with Gasteiger partial charge in [0.25, 0.3) is 0 Å². The van der Waals surface area contributed by atoms with Gasteiger partial charge in [-0.05, 0) is 196 Å². The maximum Gasteiger partial charge on any atom is -0.00264 e. The summed E-state index contributed by atoms with van der Waals surface area (Å²) in [5.41, 5.74) is 21.1. The third-order valence-electron chi connectivity index (χ3n) is 12.7. The molecule has 0 aromatic heterocycles. The second-order valence-corrected chi connectivity index (χ2v) is 15.9. The molecule has 10 aromatic rings. The Hall–Kier alpha value is -6.50. The third-order valence-corrected chi connectivity index (χ3v) is 12.7. The van der Waals surface area contributed by atoms with Crippen LogP contribution in [0, 0.1) is 27.7 Å². The normalized spacial score (nSPS) is 12.4. The zero-order valence-corrected chi connectivity index (χ0v) is 30.9. The van der Waals surface area contributed by atoms with Crippen LogP contribution in [0.25, 0.3) is 121 Å². The summed E-state index contributed by atoms with van der Waals surface area (Å²) in [4.78, 5) is 0. The van der Waals surface area contributed by atoms with Gasteiger partial charge in [-0.3, -0.25) is 0 Å². The molecular weight excluding hydrogens is 649 g/mol. The highest BCUT2D eigenvalue weighted by Crippen LogP contribution is 2.54. The molecule has 0 bridgehead atoms. The van der Waals surface area contributed by atoms with Gasteiger partial charge < -0.3 is 0 Å². The molecule has 0 fully saturated rings. The molecule has 2 aliphatic rings. The van der Waals surface area contributed by atoms with Crippen molar-refractivity contribution >= 4 is 53.9 Å². The van der Waals surface area contributed by atoms with Gasteiger partial charge in [-0.1, -0.05) is 120 Å². The highest BCUT2D eigenvalue weighted by molar-refractivity contribution is 6.29. The minimum absolute atomic E-state index is 1.28. The smallest absolute Gasteiger partial charge is 0.00264 e. The van der Waals surface area contributed by atoms with Gasteiger partial charge in [0.05, 0.1) is 0 Å². The highest BCUT2D eigenvalue weighted by atomic mass is 14.3. The van der Waals surface area contributed by atoms with E-state index in [0.29, 0.717) is 0 Å². The van der Waals surface area contributed by atoms with Crippen LogP contribution in [0.15, 0.2) is 146 Å². The van der Waals surface area contributed by atoms with Gasteiger partial charge in [0.1, 0.15) is 0 Å². The van der Waals surface area contributed by atoms with E-state index in [1.54, 1.807) is 0 Å². The Bertz CT molecular complexity index is 3120. The molecular formula is C54H36. The van der Waals surface area contributed by atoms with E-state index in [0.717, 1.165) is 0 Å². The second kappa shape index (κ2) is 10.6. The standard InChI is InChI=1S/C54H36/c1-29-17-19-31(3)39(21-29)45-27-51-50-26-44-38-16-8-12-34-10-6-14-36(54(34)38)42(44)24-48(50)46(40-22-30(2)18-20-32(40)4)28-52(51)49-25-43-37-15-7-11-33-9-5-13-35(53(33)37)41(43)23-47(45)49/h5-28H,1-4H3. The lowest BCUT2D eigenvalue weighted by Crippen LogP contribution is -1.94. The molecule has 10 aromatic carbocycles. The van der Waals surface area contributed by atoms with Crippen LogP contribution in [-0.4, -0.2) is 0 Å². The van der Waals surface area contributed by atoms with E-state index in [4.69, 9.17) is 0 Å². The number of rotatable bonds is 2. The number of benzene rings is 10. The van der Waals surface area contributed by atoms with Crippen LogP contribution in [0.5, 0.6) is 0 Å². The first-order valence-corrected chi connectivity index (χ1v) is 19.2. The second-order valence-electron chi connectivity index (χ2n) is 15.9. The van der Waals surface area contributed by atoms with E-state index in [1.807, 2.05) is 0 Å². The first-order chi connectivity index (χ1) is 26.4. The van der Waals surface area contributed by atoms with Crippen molar-refractivity contribution < 1.29 is 0 Å². The molecule has 0 atom stereocenters. The Labute approximate surface area is 315 Å². The molecule has 0 nitrogen and oxygen atoms in total. The summed E-state index contributed by atoms with van der Waals surface area (Å²) < 4.78 is 0. The van der Waals surface area contributed by atoms with Crippen molar-refractivity contribution in [3.63, 3.8) is 0 Å². The predicted molar refractivity (Wildman–Crippen MR) is 233 cm³/mol. The summed E-state index contributed by atoms with van der Waals surface area (Å²) in [6.45, 7) is 8.96. The lowest BCUT2D eigenvalue weighted by atomic mass is 9.83. The maximum absolute atomic E-state index is 2.53. The first kappa shape index (κ1) is 30.0. The van der Waals surface area contributed by atoms with Gasteiger partial charge in [0.15, 0.2) is 0 Å². The number of hydrogen-bond acceptors (Lipinski definition) is 0. The molecule has 252 valence electrons. The van der Waals surface area contributed by atoms with Crippen molar-refractivity contribution in [1.82, 2.24) is 0 Å². The Morgan fingerprint density at radius 3 is 0.926 bits per heavy atom. The van der Waals surface area contributed by atoms with Crippen molar-refractivity contribution in [3.8, 4) is 66.8 Å². The van der Waals surface area contributed by atoms with Gasteiger partial charge in [-0.25, -0.2) is 0 Å². The highest BCUT2D eigenvalue weighted by Gasteiger charge is 2.27. The number of hydrogen-bond donors (Lipinski definition) is 0. The fourth-order valence-electron chi connectivity index (χ4n) is 10.1.